The van der Waals surface area contributed by atoms with Crippen LogP contribution in [0.1, 0.15) is 271 Å². The van der Waals surface area contributed by atoms with Crippen molar-refractivity contribution in [3.8, 4) is 0 Å². The number of hydrogen-bond donors (Lipinski definition) is 0. The average molecular weight is 765 g/mol. The average Bonchev–Trinajstić information content (AvgIpc) is 3.17. The minimum absolute atomic E-state index is 0.0628. The molecule has 0 unspecified atom stereocenters. The van der Waals surface area contributed by atoms with E-state index in [1.54, 1.807) is 0 Å². The lowest BCUT2D eigenvalue weighted by Crippen LogP contribution is -2.30. The summed E-state index contributed by atoms with van der Waals surface area (Å²) in [6.07, 6.45) is 45.2. The van der Waals surface area contributed by atoms with E-state index in [9.17, 15) is 14.4 Å². The standard InChI is InChI=1S/C48H92O6/c1-4-7-10-13-16-18-20-22-24-26-28-30-33-36-39-42-48(51)54-45(43-52-46(49)40-37-34-31-15-12-9-6-3)44-53-47(50)41-38-35-32-29-27-25-23-21-19-17-14-11-8-5-2/h45H,4-44H2,1-3H3/t45-/m1/s1. The molecule has 0 aromatic rings. The molecular formula is C48H92O6. The van der Waals surface area contributed by atoms with Crippen molar-refractivity contribution >= 4 is 17.9 Å². The summed E-state index contributed by atoms with van der Waals surface area (Å²) >= 11 is 0. The summed E-state index contributed by atoms with van der Waals surface area (Å²) in [6, 6.07) is 0. The Kier molecular flexibility index (Phi) is 42.8. The second-order valence-electron chi connectivity index (χ2n) is 16.4. The molecule has 0 aromatic heterocycles. The van der Waals surface area contributed by atoms with E-state index in [4.69, 9.17) is 14.2 Å². The van der Waals surface area contributed by atoms with Gasteiger partial charge >= 0.3 is 17.9 Å². The van der Waals surface area contributed by atoms with Crippen LogP contribution in [-0.4, -0.2) is 37.2 Å². The van der Waals surface area contributed by atoms with Gasteiger partial charge < -0.3 is 14.2 Å². The number of ether oxygens (including phenoxy) is 3. The summed E-state index contributed by atoms with van der Waals surface area (Å²) in [5, 5.41) is 0. The Labute approximate surface area is 336 Å². The Hall–Kier alpha value is -1.59. The molecule has 6 heteroatoms. The zero-order valence-electron chi connectivity index (χ0n) is 36.5. The van der Waals surface area contributed by atoms with Crippen molar-refractivity contribution in [2.75, 3.05) is 13.2 Å². The fraction of sp³-hybridized carbons (Fsp3) is 0.938. The van der Waals surface area contributed by atoms with Crippen LogP contribution in [0.4, 0.5) is 0 Å². The number of hydrogen-bond acceptors (Lipinski definition) is 6. The zero-order chi connectivity index (χ0) is 39.4. The van der Waals surface area contributed by atoms with Crippen LogP contribution in [0.3, 0.4) is 0 Å². The highest BCUT2D eigenvalue weighted by Gasteiger charge is 2.19. The number of carbonyl (C=O) groups is 3. The largest absolute Gasteiger partial charge is 0.462 e. The maximum Gasteiger partial charge on any atom is 0.306 e. The lowest BCUT2D eigenvalue weighted by atomic mass is 10.0. The normalized spacial score (nSPS) is 11.8. The molecule has 0 saturated carbocycles. The summed E-state index contributed by atoms with van der Waals surface area (Å²) in [7, 11) is 0. The third kappa shape index (κ3) is 41.6. The molecule has 0 aliphatic heterocycles. The van der Waals surface area contributed by atoms with Crippen molar-refractivity contribution in [1.29, 1.82) is 0 Å². The molecule has 0 aromatic carbocycles. The molecule has 320 valence electrons. The molecule has 1 atom stereocenters. The first-order valence-electron chi connectivity index (χ1n) is 24.0. The highest BCUT2D eigenvalue weighted by atomic mass is 16.6. The zero-order valence-corrected chi connectivity index (χ0v) is 36.5. The summed E-state index contributed by atoms with van der Waals surface area (Å²) < 4.78 is 16.7. The van der Waals surface area contributed by atoms with Crippen LogP contribution in [0.15, 0.2) is 0 Å². The van der Waals surface area contributed by atoms with Crippen molar-refractivity contribution < 1.29 is 28.6 Å². The maximum atomic E-state index is 12.7. The summed E-state index contributed by atoms with van der Waals surface area (Å²) in [5.74, 6) is -0.853. The van der Waals surface area contributed by atoms with Crippen LogP contribution in [0.5, 0.6) is 0 Å². The van der Waals surface area contributed by atoms with Crippen LogP contribution in [0, 0.1) is 0 Å². The summed E-state index contributed by atoms with van der Waals surface area (Å²) in [4.78, 5) is 37.7. The Balaban J connectivity index is 4.23. The highest BCUT2D eigenvalue weighted by Crippen LogP contribution is 2.16. The summed E-state index contributed by atoms with van der Waals surface area (Å²) in [5.41, 5.74) is 0. The van der Waals surface area contributed by atoms with Crippen molar-refractivity contribution in [3.05, 3.63) is 0 Å². The molecule has 0 bridgehead atoms. The van der Waals surface area contributed by atoms with Gasteiger partial charge in [-0.15, -0.1) is 0 Å². The Morgan fingerprint density at radius 3 is 0.741 bits per heavy atom. The number of rotatable bonds is 44. The predicted molar refractivity (Wildman–Crippen MR) is 229 cm³/mol. The molecular weight excluding hydrogens is 673 g/mol. The van der Waals surface area contributed by atoms with Crippen LogP contribution in [-0.2, 0) is 28.6 Å². The second-order valence-corrected chi connectivity index (χ2v) is 16.4. The fourth-order valence-corrected chi connectivity index (χ4v) is 7.21. The second kappa shape index (κ2) is 44.1. The molecule has 0 aliphatic rings. The van der Waals surface area contributed by atoms with Gasteiger partial charge in [0.2, 0.25) is 0 Å². The molecule has 54 heavy (non-hydrogen) atoms. The van der Waals surface area contributed by atoms with E-state index in [-0.39, 0.29) is 31.1 Å². The van der Waals surface area contributed by atoms with Crippen LogP contribution in [0.25, 0.3) is 0 Å². The van der Waals surface area contributed by atoms with Gasteiger partial charge in [-0.25, -0.2) is 0 Å². The first-order valence-corrected chi connectivity index (χ1v) is 24.0. The van der Waals surface area contributed by atoms with Crippen LogP contribution >= 0.6 is 0 Å². The number of unbranched alkanes of at least 4 members (excludes halogenated alkanes) is 33. The predicted octanol–water partition coefficient (Wildman–Crippen LogP) is 15.3. The quantitative estimate of drug-likeness (QED) is 0.0349. The molecule has 6 nitrogen and oxygen atoms in total. The first-order chi connectivity index (χ1) is 26.5. The lowest BCUT2D eigenvalue weighted by molar-refractivity contribution is -0.167. The third-order valence-electron chi connectivity index (χ3n) is 10.9. The van der Waals surface area contributed by atoms with Crippen LogP contribution < -0.4 is 0 Å². The van der Waals surface area contributed by atoms with E-state index < -0.39 is 6.10 Å². The van der Waals surface area contributed by atoms with E-state index in [0.29, 0.717) is 19.3 Å². The van der Waals surface area contributed by atoms with Crippen LogP contribution in [0.2, 0.25) is 0 Å². The minimum atomic E-state index is -0.757. The van der Waals surface area contributed by atoms with E-state index in [1.807, 2.05) is 0 Å². The molecule has 0 N–H and O–H groups in total. The van der Waals surface area contributed by atoms with Crippen molar-refractivity contribution in [2.45, 2.75) is 277 Å². The van der Waals surface area contributed by atoms with E-state index in [0.717, 1.165) is 57.8 Å². The van der Waals surface area contributed by atoms with Gasteiger partial charge in [-0.3, -0.25) is 14.4 Å². The van der Waals surface area contributed by atoms with Gasteiger partial charge in [0.15, 0.2) is 6.10 Å². The smallest absolute Gasteiger partial charge is 0.306 e. The third-order valence-corrected chi connectivity index (χ3v) is 10.9. The number of carbonyl (C=O) groups excluding carboxylic acids is 3. The molecule has 0 rings (SSSR count). The van der Waals surface area contributed by atoms with Gasteiger partial charge in [-0.05, 0) is 19.3 Å². The van der Waals surface area contributed by atoms with Crippen molar-refractivity contribution in [2.24, 2.45) is 0 Å². The number of esters is 3. The molecule has 0 saturated heterocycles. The van der Waals surface area contributed by atoms with E-state index in [2.05, 4.69) is 20.8 Å². The molecule has 0 heterocycles. The van der Waals surface area contributed by atoms with E-state index >= 15 is 0 Å². The Morgan fingerprint density at radius 2 is 0.500 bits per heavy atom. The van der Waals surface area contributed by atoms with Crippen molar-refractivity contribution in [3.63, 3.8) is 0 Å². The van der Waals surface area contributed by atoms with Crippen molar-refractivity contribution in [1.82, 2.24) is 0 Å². The van der Waals surface area contributed by atoms with E-state index in [1.165, 1.54) is 173 Å². The van der Waals surface area contributed by atoms with Gasteiger partial charge in [0, 0.05) is 19.3 Å². The van der Waals surface area contributed by atoms with Gasteiger partial charge in [-0.1, -0.05) is 233 Å². The van der Waals surface area contributed by atoms with Gasteiger partial charge in [0.05, 0.1) is 0 Å². The van der Waals surface area contributed by atoms with Gasteiger partial charge in [0.1, 0.15) is 13.2 Å². The topological polar surface area (TPSA) is 78.9 Å². The maximum absolute atomic E-state index is 12.7. The summed E-state index contributed by atoms with van der Waals surface area (Å²) in [6.45, 7) is 6.63. The van der Waals surface area contributed by atoms with Gasteiger partial charge in [0.25, 0.3) is 0 Å². The molecule has 0 aliphatic carbocycles. The molecule has 0 fully saturated rings. The lowest BCUT2D eigenvalue weighted by Gasteiger charge is -2.18. The fourth-order valence-electron chi connectivity index (χ4n) is 7.21. The minimum Gasteiger partial charge on any atom is -0.462 e. The van der Waals surface area contributed by atoms with Gasteiger partial charge in [-0.2, -0.15) is 0 Å². The first kappa shape index (κ1) is 52.4. The molecule has 0 radical (unpaired) electrons. The molecule has 0 amide bonds. The Morgan fingerprint density at radius 1 is 0.296 bits per heavy atom. The SMILES string of the molecule is CCCCCCCCCCCCCCCCCC(=O)O[C@H](COC(=O)CCCCCCCCC)COC(=O)CCCCCCCCCCCCCCCC. The molecule has 0 spiro atoms. The Bertz CT molecular complexity index is 798. The highest BCUT2D eigenvalue weighted by molar-refractivity contribution is 5.71. The monoisotopic (exact) mass is 765 g/mol.